The van der Waals surface area contributed by atoms with Crippen molar-refractivity contribution in [3.8, 4) is 0 Å². The van der Waals surface area contributed by atoms with E-state index < -0.39 is 0 Å². The number of benzene rings is 1. The quantitative estimate of drug-likeness (QED) is 0.735. The Morgan fingerprint density at radius 2 is 2.00 bits per heavy atom. The number of hydrogen-bond acceptors (Lipinski definition) is 2. The second-order valence-electron chi connectivity index (χ2n) is 5.60. The van der Waals surface area contributed by atoms with Crippen LogP contribution in [0.2, 0.25) is 0 Å². The molecule has 0 bridgehead atoms. The lowest BCUT2D eigenvalue weighted by atomic mass is 10.2. The number of amides is 1. The third-order valence-electron chi connectivity index (χ3n) is 3.76. The van der Waals surface area contributed by atoms with Gasteiger partial charge in [0.15, 0.2) is 0 Å². The summed E-state index contributed by atoms with van der Waals surface area (Å²) in [5, 5.41) is 2.92. The number of aryl methyl sites for hydroxylation is 2. The lowest BCUT2D eigenvalue weighted by molar-refractivity contribution is 0.0942. The molecule has 0 unspecified atom stereocenters. The fourth-order valence-electron chi connectivity index (χ4n) is 2.69. The summed E-state index contributed by atoms with van der Waals surface area (Å²) in [5.74, 6) is -0.365. The van der Waals surface area contributed by atoms with Gasteiger partial charge in [0.2, 0.25) is 0 Å². The van der Waals surface area contributed by atoms with E-state index in [4.69, 9.17) is 0 Å². The molecule has 0 radical (unpaired) electrons. The van der Waals surface area contributed by atoms with Crippen molar-refractivity contribution in [2.45, 2.75) is 33.4 Å². The van der Waals surface area contributed by atoms with E-state index in [1.54, 1.807) is 23.5 Å². The van der Waals surface area contributed by atoms with Crippen molar-refractivity contribution < 1.29 is 9.18 Å². The van der Waals surface area contributed by atoms with Crippen molar-refractivity contribution >= 4 is 27.5 Å². The van der Waals surface area contributed by atoms with Crippen LogP contribution in [-0.4, -0.2) is 10.5 Å². The number of hydrogen-bond donors (Lipinski definition) is 1. The van der Waals surface area contributed by atoms with Gasteiger partial charge in [-0.15, -0.1) is 11.3 Å². The van der Waals surface area contributed by atoms with Crippen molar-refractivity contribution in [1.82, 2.24) is 9.88 Å². The summed E-state index contributed by atoms with van der Waals surface area (Å²) in [6.45, 7) is 5.39. The number of nitrogens with one attached hydrogen (secondary N) is 1. The highest BCUT2D eigenvalue weighted by molar-refractivity contribution is 7.19. The number of rotatable bonds is 5. The largest absolute Gasteiger partial charge is 0.347 e. The van der Waals surface area contributed by atoms with E-state index in [0.717, 1.165) is 28.7 Å². The van der Waals surface area contributed by atoms with Crippen molar-refractivity contribution in [1.29, 1.82) is 0 Å². The van der Waals surface area contributed by atoms with E-state index >= 15 is 0 Å². The molecule has 2 heterocycles. The van der Waals surface area contributed by atoms with Gasteiger partial charge in [0, 0.05) is 18.0 Å². The van der Waals surface area contributed by atoms with Gasteiger partial charge in [0.25, 0.3) is 5.91 Å². The molecule has 3 aromatic rings. The van der Waals surface area contributed by atoms with Crippen molar-refractivity contribution in [2.24, 2.45) is 0 Å². The molecule has 0 fully saturated rings. The van der Waals surface area contributed by atoms with Gasteiger partial charge in [-0.05, 0) is 43.2 Å². The summed E-state index contributed by atoms with van der Waals surface area (Å²) in [4.78, 5) is 13.8. The van der Waals surface area contributed by atoms with Crippen molar-refractivity contribution in [3.63, 3.8) is 0 Å². The number of fused-ring (bicyclic) bond motifs is 1. The van der Waals surface area contributed by atoms with Gasteiger partial charge < -0.3 is 9.88 Å². The lowest BCUT2D eigenvalue weighted by Gasteiger charge is -2.10. The second kappa shape index (κ2) is 6.54. The molecule has 0 atom stereocenters. The van der Waals surface area contributed by atoms with Crippen LogP contribution in [0.15, 0.2) is 36.4 Å². The van der Waals surface area contributed by atoms with Crippen molar-refractivity contribution in [3.05, 3.63) is 58.3 Å². The number of nitrogens with zero attached hydrogens (tertiary/aromatic N) is 1. The molecule has 120 valence electrons. The molecular formula is C18H19FN2OS. The highest BCUT2D eigenvalue weighted by Crippen LogP contribution is 2.29. The van der Waals surface area contributed by atoms with Crippen LogP contribution in [-0.2, 0) is 13.1 Å². The maximum atomic E-state index is 12.9. The maximum Gasteiger partial charge on any atom is 0.268 e. The van der Waals surface area contributed by atoms with Crippen LogP contribution < -0.4 is 5.32 Å². The third-order valence-corrected chi connectivity index (χ3v) is 4.75. The standard InChI is InChI=1S/C18H19FN2OS/c1-3-8-21-15-9-12(2)23-17(15)10-16(21)18(22)20-11-13-4-6-14(19)7-5-13/h4-7,9-10H,3,8,11H2,1-2H3,(H,20,22). The average molecular weight is 330 g/mol. The van der Waals surface area contributed by atoms with E-state index in [-0.39, 0.29) is 11.7 Å². The Kier molecular flexibility index (Phi) is 4.48. The summed E-state index contributed by atoms with van der Waals surface area (Å²) in [7, 11) is 0. The Morgan fingerprint density at radius 1 is 1.26 bits per heavy atom. The molecule has 23 heavy (non-hydrogen) atoms. The Labute approximate surface area is 138 Å². The first-order valence-corrected chi connectivity index (χ1v) is 8.52. The summed E-state index contributed by atoms with van der Waals surface area (Å²) < 4.78 is 16.1. The van der Waals surface area contributed by atoms with Crippen LogP contribution in [0.5, 0.6) is 0 Å². The fraction of sp³-hybridized carbons (Fsp3) is 0.278. The van der Waals surface area contributed by atoms with Gasteiger partial charge in [-0.2, -0.15) is 0 Å². The summed E-state index contributed by atoms with van der Waals surface area (Å²) in [6.07, 6.45) is 0.969. The molecule has 0 spiro atoms. The zero-order valence-corrected chi connectivity index (χ0v) is 14.0. The predicted molar refractivity (Wildman–Crippen MR) is 92.4 cm³/mol. The fourth-order valence-corrected chi connectivity index (χ4v) is 3.65. The molecule has 0 aliphatic rings. The second-order valence-corrected chi connectivity index (χ2v) is 6.88. The summed E-state index contributed by atoms with van der Waals surface area (Å²) in [5.41, 5.74) is 2.70. The Balaban J connectivity index is 1.81. The molecule has 1 aromatic carbocycles. The van der Waals surface area contributed by atoms with Crippen LogP contribution >= 0.6 is 11.3 Å². The van der Waals surface area contributed by atoms with Crippen molar-refractivity contribution in [2.75, 3.05) is 0 Å². The van der Waals surface area contributed by atoms with Gasteiger partial charge in [-0.3, -0.25) is 4.79 Å². The van der Waals surface area contributed by atoms with Gasteiger partial charge in [0.1, 0.15) is 11.5 Å². The van der Waals surface area contributed by atoms with Gasteiger partial charge in [0.05, 0.1) is 10.2 Å². The third kappa shape index (κ3) is 3.29. The Hall–Kier alpha value is -2.14. The molecule has 1 amide bonds. The monoisotopic (exact) mass is 330 g/mol. The van der Waals surface area contributed by atoms with E-state index in [0.29, 0.717) is 12.2 Å². The highest BCUT2D eigenvalue weighted by atomic mass is 32.1. The molecule has 0 aliphatic carbocycles. The average Bonchev–Trinajstić information content (AvgIpc) is 3.04. The minimum atomic E-state index is -0.271. The minimum Gasteiger partial charge on any atom is -0.347 e. The van der Waals surface area contributed by atoms with Gasteiger partial charge in [-0.1, -0.05) is 19.1 Å². The van der Waals surface area contributed by atoms with Gasteiger partial charge >= 0.3 is 0 Å². The summed E-state index contributed by atoms with van der Waals surface area (Å²) >= 11 is 1.70. The van der Waals surface area contributed by atoms with Gasteiger partial charge in [-0.25, -0.2) is 4.39 Å². The van der Waals surface area contributed by atoms with Crippen LogP contribution in [0.3, 0.4) is 0 Å². The normalized spacial score (nSPS) is 11.1. The summed E-state index contributed by atoms with van der Waals surface area (Å²) in [6, 6.07) is 10.3. The van der Waals surface area contributed by atoms with E-state index in [1.165, 1.54) is 17.0 Å². The molecule has 5 heteroatoms. The molecule has 0 saturated heterocycles. The minimum absolute atomic E-state index is 0.0937. The maximum absolute atomic E-state index is 12.9. The first kappa shape index (κ1) is 15.7. The molecule has 3 rings (SSSR count). The predicted octanol–water partition coefficient (Wildman–Crippen LogP) is 4.49. The zero-order chi connectivity index (χ0) is 16.4. The molecule has 1 N–H and O–H groups in total. The SMILES string of the molecule is CCCn1c(C(=O)NCc2ccc(F)cc2)cc2sc(C)cc21. The van der Waals surface area contributed by atoms with E-state index in [2.05, 4.69) is 29.8 Å². The Bertz CT molecular complexity index is 833. The first-order chi connectivity index (χ1) is 11.1. The molecule has 0 saturated carbocycles. The molecular weight excluding hydrogens is 311 g/mol. The zero-order valence-electron chi connectivity index (χ0n) is 13.2. The van der Waals surface area contributed by atoms with Crippen LogP contribution in [0.4, 0.5) is 4.39 Å². The highest BCUT2D eigenvalue weighted by Gasteiger charge is 2.16. The first-order valence-electron chi connectivity index (χ1n) is 7.71. The van der Waals surface area contributed by atoms with E-state index in [1.807, 2.05) is 6.07 Å². The lowest BCUT2D eigenvalue weighted by Crippen LogP contribution is -2.25. The number of aromatic nitrogens is 1. The number of thiophene rings is 1. The number of carbonyl (C=O) groups is 1. The number of halogens is 1. The smallest absolute Gasteiger partial charge is 0.268 e. The molecule has 0 aliphatic heterocycles. The van der Waals surface area contributed by atoms with Crippen LogP contribution in [0, 0.1) is 12.7 Å². The topological polar surface area (TPSA) is 34.0 Å². The van der Waals surface area contributed by atoms with E-state index in [9.17, 15) is 9.18 Å². The van der Waals surface area contributed by atoms with Crippen LogP contribution in [0.25, 0.3) is 10.2 Å². The molecule has 3 nitrogen and oxygen atoms in total. The Morgan fingerprint density at radius 3 is 2.70 bits per heavy atom. The number of carbonyl (C=O) groups excluding carboxylic acids is 1. The van der Waals surface area contributed by atoms with Crippen LogP contribution in [0.1, 0.15) is 34.3 Å². The molecule has 2 aromatic heterocycles.